The van der Waals surface area contributed by atoms with Gasteiger partial charge in [-0.25, -0.2) is 8.42 Å². The molecule has 0 bridgehead atoms. The summed E-state index contributed by atoms with van der Waals surface area (Å²) >= 11 is 0. The lowest BCUT2D eigenvalue weighted by Crippen LogP contribution is -2.12. The van der Waals surface area contributed by atoms with Crippen LogP contribution in [0.2, 0.25) is 0 Å². The summed E-state index contributed by atoms with van der Waals surface area (Å²) in [6.07, 6.45) is 1.83. The maximum atomic E-state index is 12.1. The molecule has 0 radical (unpaired) electrons. The molecule has 1 N–H and O–H groups in total. The highest BCUT2D eigenvalue weighted by Crippen LogP contribution is 2.21. The molecule has 5 nitrogen and oxygen atoms in total. The minimum absolute atomic E-state index is 0.164. The summed E-state index contributed by atoms with van der Waals surface area (Å²) in [4.78, 5) is 12.3. The Morgan fingerprint density at radius 2 is 1.95 bits per heavy atom. The van der Waals surface area contributed by atoms with Crippen LogP contribution in [-0.4, -0.2) is 20.6 Å². The second-order valence-electron chi connectivity index (χ2n) is 4.82. The molecule has 0 fully saturated rings. The fourth-order valence-corrected chi connectivity index (χ4v) is 2.49. The first-order valence-corrected chi connectivity index (χ1v) is 8.41. The molecule has 2 aromatic rings. The number of anilines is 1. The van der Waals surface area contributed by atoms with Crippen LogP contribution in [0, 0.1) is 6.92 Å². The number of aryl methyl sites for hydroxylation is 2. The van der Waals surface area contributed by atoms with Gasteiger partial charge in [0.15, 0.2) is 15.6 Å². The minimum Gasteiger partial charge on any atom is -0.456 e. The molecule has 1 aromatic carbocycles. The smallest absolute Gasteiger partial charge is 0.291 e. The van der Waals surface area contributed by atoms with Gasteiger partial charge in [-0.15, -0.1) is 0 Å². The summed E-state index contributed by atoms with van der Waals surface area (Å²) in [7, 11) is -3.32. The van der Waals surface area contributed by atoms with Crippen LogP contribution in [0.25, 0.3) is 0 Å². The normalized spacial score (nSPS) is 11.4. The third-order valence-electron chi connectivity index (χ3n) is 3.12. The molecule has 21 heavy (non-hydrogen) atoms. The summed E-state index contributed by atoms with van der Waals surface area (Å²) in [6, 6.07) is 7.97. The zero-order valence-electron chi connectivity index (χ0n) is 12.1. The van der Waals surface area contributed by atoms with Crippen molar-refractivity contribution < 1.29 is 17.6 Å². The summed E-state index contributed by atoms with van der Waals surface area (Å²) < 4.78 is 28.5. The Bertz CT molecular complexity index is 775. The Labute approximate surface area is 123 Å². The standard InChI is InChI=1S/C15H17NO4S/c1-4-11-6-8-14(20-11)15(17)16-13-9-12(21(3,18)19)7-5-10(13)2/h5-9H,4H2,1-3H3,(H,16,17). The van der Waals surface area contributed by atoms with Crippen molar-refractivity contribution >= 4 is 21.4 Å². The van der Waals surface area contributed by atoms with E-state index in [1.165, 1.54) is 12.1 Å². The van der Waals surface area contributed by atoms with Gasteiger partial charge >= 0.3 is 0 Å². The molecule has 2 rings (SSSR count). The predicted octanol–water partition coefficient (Wildman–Crippen LogP) is 2.81. The van der Waals surface area contributed by atoms with Gasteiger partial charge in [0.2, 0.25) is 0 Å². The van der Waals surface area contributed by atoms with E-state index in [0.717, 1.165) is 17.6 Å². The molecule has 0 aliphatic heterocycles. The molecule has 1 heterocycles. The first kappa shape index (κ1) is 15.3. The Morgan fingerprint density at radius 1 is 1.24 bits per heavy atom. The van der Waals surface area contributed by atoms with Gasteiger partial charge in [-0.1, -0.05) is 13.0 Å². The van der Waals surface area contributed by atoms with Gasteiger partial charge in [0.1, 0.15) is 5.76 Å². The number of benzene rings is 1. The summed E-state index contributed by atoms with van der Waals surface area (Å²) in [5, 5.41) is 2.68. The Kier molecular flexibility index (Phi) is 4.18. The molecule has 0 unspecified atom stereocenters. The van der Waals surface area contributed by atoms with Crippen molar-refractivity contribution in [2.75, 3.05) is 11.6 Å². The number of hydrogen-bond donors (Lipinski definition) is 1. The lowest BCUT2D eigenvalue weighted by molar-refractivity contribution is 0.0995. The van der Waals surface area contributed by atoms with Gasteiger partial charge in [-0.3, -0.25) is 4.79 Å². The maximum absolute atomic E-state index is 12.1. The molecule has 0 spiro atoms. The van der Waals surface area contributed by atoms with Gasteiger partial charge in [0.05, 0.1) is 4.90 Å². The topological polar surface area (TPSA) is 76.4 Å². The lowest BCUT2D eigenvalue weighted by Gasteiger charge is -2.09. The highest BCUT2D eigenvalue weighted by molar-refractivity contribution is 7.90. The molecular formula is C15H17NO4S. The van der Waals surface area contributed by atoms with Crippen molar-refractivity contribution in [2.45, 2.75) is 25.2 Å². The fraction of sp³-hybridized carbons (Fsp3) is 0.267. The van der Waals surface area contributed by atoms with Gasteiger partial charge < -0.3 is 9.73 Å². The van der Waals surface area contributed by atoms with Crippen molar-refractivity contribution in [3.63, 3.8) is 0 Å². The zero-order valence-corrected chi connectivity index (χ0v) is 13.0. The van der Waals surface area contributed by atoms with Crippen molar-refractivity contribution in [1.82, 2.24) is 0 Å². The Balaban J connectivity index is 2.28. The number of sulfone groups is 1. The fourth-order valence-electron chi connectivity index (χ4n) is 1.84. The van der Waals surface area contributed by atoms with E-state index < -0.39 is 15.7 Å². The van der Waals surface area contributed by atoms with E-state index in [9.17, 15) is 13.2 Å². The second-order valence-corrected chi connectivity index (χ2v) is 6.84. The molecule has 1 amide bonds. The number of carbonyl (C=O) groups excluding carboxylic acids is 1. The van der Waals surface area contributed by atoms with Gasteiger partial charge in [-0.05, 0) is 36.8 Å². The van der Waals surface area contributed by atoms with Gasteiger partial charge in [-0.2, -0.15) is 0 Å². The monoisotopic (exact) mass is 307 g/mol. The number of rotatable bonds is 4. The van der Waals surface area contributed by atoms with Crippen molar-refractivity contribution in [3.05, 3.63) is 47.4 Å². The largest absolute Gasteiger partial charge is 0.456 e. The molecule has 0 saturated heterocycles. The molecule has 0 aliphatic rings. The maximum Gasteiger partial charge on any atom is 0.291 e. The van der Waals surface area contributed by atoms with E-state index in [2.05, 4.69) is 5.32 Å². The number of carbonyl (C=O) groups is 1. The van der Waals surface area contributed by atoms with E-state index >= 15 is 0 Å². The molecule has 112 valence electrons. The number of hydrogen-bond acceptors (Lipinski definition) is 4. The van der Waals surface area contributed by atoms with E-state index in [1.807, 2.05) is 6.92 Å². The average molecular weight is 307 g/mol. The molecule has 0 aliphatic carbocycles. The quantitative estimate of drug-likeness (QED) is 0.942. The van der Waals surface area contributed by atoms with Crippen LogP contribution in [0.5, 0.6) is 0 Å². The molecule has 6 heteroatoms. The van der Waals surface area contributed by atoms with Crippen molar-refractivity contribution in [2.24, 2.45) is 0 Å². The van der Waals surface area contributed by atoms with Gasteiger partial charge in [0.25, 0.3) is 5.91 Å². The van der Waals surface area contributed by atoms with Crippen molar-refractivity contribution in [3.8, 4) is 0 Å². The van der Waals surface area contributed by atoms with E-state index in [-0.39, 0.29) is 10.7 Å². The third kappa shape index (κ3) is 3.52. The molecule has 0 atom stereocenters. The van der Waals surface area contributed by atoms with Crippen LogP contribution < -0.4 is 5.32 Å². The lowest BCUT2D eigenvalue weighted by atomic mass is 10.2. The van der Waals surface area contributed by atoms with E-state index in [4.69, 9.17) is 4.42 Å². The minimum atomic E-state index is -3.32. The third-order valence-corrected chi connectivity index (χ3v) is 4.23. The second kappa shape index (κ2) is 5.73. The molecular weight excluding hydrogens is 290 g/mol. The first-order valence-electron chi connectivity index (χ1n) is 6.52. The average Bonchev–Trinajstić information content (AvgIpc) is 2.88. The van der Waals surface area contributed by atoms with E-state index in [0.29, 0.717) is 12.1 Å². The van der Waals surface area contributed by atoms with Crippen LogP contribution in [0.1, 0.15) is 28.8 Å². The van der Waals surface area contributed by atoms with E-state index in [1.54, 1.807) is 25.1 Å². The van der Waals surface area contributed by atoms with Crippen LogP contribution in [-0.2, 0) is 16.3 Å². The Morgan fingerprint density at radius 3 is 2.52 bits per heavy atom. The predicted molar refractivity (Wildman–Crippen MR) is 80.3 cm³/mol. The van der Waals surface area contributed by atoms with Crippen LogP contribution >= 0.6 is 0 Å². The van der Waals surface area contributed by atoms with Crippen LogP contribution in [0.4, 0.5) is 5.69 Å². The molecule has 1 aromatic heterocycles. The molecule has 0 saturated carbocycles. The SMILES string of the molecule is CCc1ccc(C(=O)Nc2cc(S(C)(=O)=O)ccc2C)o1. The van der Waals surface area contributed by atoms with Gasteiger partial charge in [0, 0.05) is 18.4 Å². The number of amides is 1. The van der Waals surface area contributed by atoms with Crippen LogP contribution in [0.3, 0.4) is 0 Å². The highest BCUT2D eigenvalue weighted by Gasteiger charge is 2.14. The first-order chi connectivity index (χ1) is 9.81. The summed E-state index contributed by atoms with van der Waals surface area (Å²) in [6.45, 7) is 3.72. The summed E-state index contributed by atoms with van der Waals surface area (Å²) in [5.41, 5.74) is 1.23. The number of furan rings is 1. The Hall–Kier alpha value is -2.08. The highest BCUT2D eigenvalue weighted by atomic mass is 32.2. The van der Waals surface area contributed by atoms with Crippen LogP contribution in [0.15, 0.2) is 39.6 Å². The number of nitrogens with one attached hydrogen (secondary N) is 1. The van der Waals surface area contributed by atoms with Crippen molar-refractivity contribution in [1.29, 1.82) is 0 Å². The summed E-state index contributed by atoms with van der Waals surface area (Å²) in [5.74, 6) is 0.529. The zero-order chi connectivity index (χ0) is 15.6.